The first-order valence-electron chi connectivity index (χ1n) is 9.74. The van der Waals surface area contributed by atoms with E-state index in [1.54, 1.807) is 10.9 Å². The van der Waals surface area contributed by atoms with Crippen molar-refractivity contribution in [3.8, 4) is 6.01 Å². The summed E-state index contributed by atoms with van der Waals surface area (Å²) in [5.41, 5.74) is 7.09. The molecule has 2 aliphatic heterocycles. The van der Waals surface area contributed by atoms with Crippen LogP contribution in [0, 0.1) is 0 Å². The zero-order valence-corrected chi connectivity index (χ0v) is 15.9. The SMILES string of the molecule is CC1(C)O[C@@H]2[C@H](O1)[C@@H](CO)O[C@H]2n1cnc2c(N)nc(OC3CCCC3)nc21. The molecule has 3 fully saturated rings. The molecule has 2 saturated heterocycles. The van der Waals surface area contributed by atoms with Crippen LogP contribution in [0.2, 0.25) is 0 Å². The average Bonchev–Trinajstić information content (AvgIpc) is 3.39. The van der Waals surface area contributed by atoms with Gasteiger partial charge in [-0.3, -0.25) is 4.57 Å². The molecule has 4 heterocycles. The molecule has 10 nitrogen and oxygen atoms in total. The first-order chi connectivity index (χ1) is 13.4. The van der Waals surface area contributed by atoms with E-state index in [0.717, 1.165) is 25.7 Å². The Labute approximate surface area is 162 Å². The third-order valence-electron chi connectivity index (χ3n) is 5.58. The molecule has 0 radical (unpaired) electrons. The molecule has 1 saturated carbocycles. The number of nitrogens with two attached hydrogens (primary N) is 1. The van der Waals surface area contributed by atoms with Crippen molar-refractivity contribution < 1.29 is 24.1 Å². The van der Waals surface area contributed by atoms with Crippen LogP contribution >= 0.6 is 0 Å². The maximum absolute atomic E-state index is 9.71. The maximum atomic E-state index is 9.71. The summed E-state index contributed by atoms with van der Waals surface area (Å²) in [5, 5.41) is 9.71. The summed E-state index contributed by atoms with van der Waals surface area (Å²) in [6.07, 6.45) is 4.17. The summed E-state index contributed by atoms with van der Waals surface area (Å²) >= 11 is 0. The molecular weight excluding hydrogens is 366 g/mol. The minimum absolute atomic E-state index is 0.117. The van der Waals surface area contributed by atoms with Crippen molar-refractivity contribution in [2.45, 2.75) is 76.0 Å². The molecular formula is C18H25N5O5. The Hall–Kier alpha value is -2.01. The fraction of sp³-hybridized carbons (Fsp3) is 0.722. The second kappa shape index (κ2) is 6.51. The molecule has 2 aromatic rings. The number of nitrogens with zero attached hydrogens (tertiary/aromatic N) is 4. The second-order valence-electron chi connectivity index (χ2n) is 8.05. The van der Waals surface area contributed by atoms with E-state index in [9.17, 15) is 5.11 Å². The van der Waals surface area contributed by atoms with Crippen LogP contribution in [0.3, 0.4) is 0 Å². The van der Waals surface area contributed by atoms with Gasteiger partial charge in [-0.1, -0.05) is 0 Å². The number of aliphatic hydroxyl groups is 1. The Balaban J connectivity index is 1.51. The predicted molar refractivity (Wildman–Crippen MR) is 97.4 cm³/mol. The lowest BCUT2D eigenvalue weighted by Crippen LogP contribution is -2.31. The molecule has 0 unspecified atom stereocenters. The Morgan fingerprint density at radius 2 is 2.00 bits per heavy atom. The summed E-state index contributed by atoms with van der Waals surface area (Å²) in [7, 11) is 0. The molecule has 28 heavy (non-hydrogen) atoms. The second-order valence-corrected chi connectivity index (χ2v) is 8.05. The first kappa shape index (κ1) is 18.0. The number of hydrogen-bond donors (Lipinski definition) is 2. The fourth-order valence-corrected chi connectivity index (χ4v) is 4.34. The molecule has 2 aromatic heterocycles. The zero-order chi connectivity index (χ0) is 19.5. The first-order valence-corrected chi connectivity index (χ1v) is 9.74. The predicted octanol–water partition coefficient (Wildman–Crippen LogP) is 1.14. The van der Waals surface area contributed by atoms with Gasteiger partial charge in [0.1, 0.15) is 24.4 Å². The van der Waals surface area contributed by atoms with Crippen LogP contribution in [0.15, 0.2) is 6.33 Å². The highest BCUT2D eigenvalue weighted by atomic mass is 16.8. The Morgan fingerprint density at radius 1 is 1.25 bits per heavy atom. The monoisotopic (exact) mass is 391 g/mol. The Kier molecular flexibility index (Phi) is 4.20. The molecule has 0 bridgehead atoms. The van der Waals surface area contributed by atoms with E-state index in [0.29, 0.717) is 11.2 Å². The molecule has 152 valence electrons. The van der Waals surface area contributed by atoms with E-state index in [-0.39, 0.29) is 30.6 Å². The highest BCUT2D eigenvalue weighted by molar-refractivity contribution is 5.82. The van der Waals surface area contributed by atoms with Gasteiger partial charge >= 0.3 is 6.01 Å². The van der Waals surface area contributed by atoms with Gasteiger partial charge in [0.15, 0.2) is 29.0 Å². The third-order valence-corrected chi connectivity index (χ3v) is 5.58. The van der Waals surface area contributed by atoms with Crippen molar-refractivity contribution in [2.75, 3.05) is 12.3 Å². The van der Waals surface area contributed by atoms with Crippen LogP contribution in [-0.2, 0) is 14.2 Å². The molecule has 0 amide bonds. The summed E-state index contributed by atoms with van der Waals surface area (Å²) < 4.78 is 25.7. The Morgan fingerprint density at radius 3 is 2.75 bits per heavy atom. The number of fused-ring (bicyclic) bond motifs is 2. The van der Waals surface area contributed by atoms with Crippen LogP contribution in [0.5, 0.6) is 6.01 Å². The Bertz CT molecular complexity index is 881. The number of aromatic nitrogens is 4. The van der Waals surface area contributed by atoms with E-state index >= 15 is 0 Å². The van der Waals surface area contributed by atoms with Gasteiger partial charge in [0, 0.05) is 0 Å². The summed E-state index contributed by atoms with van der Waals surface area (Å²) in [6.45, 7) is 3.52. The van der Waals surface area contributed by atoms with Crippen molar-refractivity contribution in [3.05, 3.63) is 6.33 Å². The standard InChI is InChI=1S/C18H25N5O5/c1-18(2)27-12-10(7-24)26-16(13(12)28-18)23-8-20-11-14(19)21-17(22-15(11)23)25-9-5-3-4-6-9/h8-10,12-13,16,24H,3-7H2,1-2H3,(H2,19,21,22)/t10-,12-,13-,16-/m1/s1. The van der Waals surface area contributed by atoms with E-state index in [4.69, 9.17) is 24.7 Å². The highest BCUT2D eigenvalue weighted by Crippen LogP contribution is 2.43. The number of anilines is 1. The number of ether oxygens (including phenoxy) is 4. The highest BCUT2D eigenvalue weighted by Gasteiger charge is 2.56. The van der Waals surface area contributed by atoms with Gasteiger partial charge < -0.3 is 29.8 Å². The van der Waals surface area contributed by atoms with Gasteiger partial charge in [0.2, 0.25) is 0 Å². The van der Waals surface area contributed by atoms with Gasteiger partial charge in [0.25, 0.3) is 0 Å². The minimum Gasteiger partial charge on any atom is -0.460 e. The minimum atomic E-state index is -0.758. The van der Waals surface area contributed by atoms with E-state index in [2.05, 4.69) is 15.0 Å². The smallest absolute Gasteiger partial charge is 0.320 e. The average molecular weight is 391 g/mol. The number of imidazole rings is 1. The summed E-state index contributed by atoms with van der Waals surface area (Å²) in [4.78, 5) is 13.2. The fourth-order valence-electron chi connectivity index (χ4n) is 4.34. The molecule has 0 aromatic carbocycles. The number of rotatable bonds is 4. The van der Waals surface area contributed by atoms with Gasteiger partial charge in [0.05, 0.1) is 12.9 Å². The van der Waals surface area contributed by atoms with Gasteiger partial charge in [-0.15, -0.1) is 0 Å². The van der Waals surface area contributed by atoms with Gasteiger partial charge in [-0.05, 0) is 39.5 Å². The number of aliphatic hydroxyl groups excluding tert-OH is 1. The molecule has 1 aliphatic carbocycles. The maximum Gasteiger partial charge on any atom is 0.320 e. The van der Waals surface area contributed by atoms with Crippen molar-refractivity contribution >= 4 is 17.0 Å². The van der Waals surface area contributed by atoms with Crippen molar-refractivity contribution in [2.24, 2.45) is 0 Å². The largest absolute Gasteiger partial charge is 0.460 e. The van der Waals surface area contributed by atoms with Crippen LogP contribution < -0.4 is 10.5 Å². The summed E-state index contributed by atoms with van der Waals surface area (Å²) in [6, 6.07) is 0.246. The molecule has 4 atom stereocenters. The number of hydrogen-bond acceptors (Lipinski definition) is 9. The van der Waals surface area contributed by atoms with Crippen LogP contribution in [-0.4, -0.2) is 61.4 Å². The topological polar surface area (TPSA) is 127 Å². The zero-order valence-electron chi connectivity index (χ0n) is 15.9. The quantitative estimate of drug-likeness (QED) is 0.788. The van der Waals surface area contributed by atoms with Gasteiger partial charge in [-0.25, -0.2) is 4.98 Å². The molecule has 5 rings (SSSR count). The van der Waals surface area contributed by atoms with Crippen molar-refractivity contribution in [1.82, 2.24) is 19.5 Å². The normalized spacial score (nSPS) is 32.2. The summed E-state index contributed by atoms with van der Waals surface area (Å²) in [5.74, 6) is -0.500. The molecule has 3 N–H and O–H groups in total. The lowest BCUT2D eigenvalue weighted by atomic mass is 10.1. The van der Waals surface area contributed by atoms with Crippen LogP contribution in [0.25, 0.3) is 11.2 Å². The van der Waals surface area contributed by atoms with Gasteiger partial charge in [-0.2, -0.15) is 9.97 Å². The number of nitrogen functional groups attached to an aromatic ring is 1. The third kappa shape index (κ3) is 2.91. The lowest BCUT2D eigenvalue weighted by Gasteiger charge is -2.24. The molecule has 0 spiro atoms. The van der Waals surface area contributed by atoms with Crippen molar-refractivity contribution in [1.29, 1.82) is 0 Å². The van der Waals surface area contributed by atoms with E-state index in [1.807, 2.05) is 13.8 Å². The van der Waals surface area contributed by atoms with E-state index in [1.165, 1.54) is 0 Å². The molecule has 10 heteroatoms. The molecule has 3 aliphatic rings. The lowest BCUT2D eigenvalue weighted by molar-refractivity contribution is -0.199. The van der Waals surface area contributed by atoms with Crippen molar-refractivity contribution in [3.63, 3.8) is 0 Å². The van der Waals surface area contributed by atoms with Crippen LogP contribution in [0.1, 0.15) is 45.8 Å². The van der Waals surface area contributed by atoms with Crippen LogP contribution in [0.4, 0.5) is 5.82 Å². The van der Waals surface area contributed by atoms with E-state index < -0.39 is 24.2 Å².